The minimum Gasteiger partial charge on any atom is -0.367 e. The highest BCUT2D eigenvalue weighted by Crippen LogP contribution is 2.61. The van der Waals surface area contributed by atoms with Crippen molar-refractivity contribution in [3.8, 4) is 6.07 Å². The van der Waals surface area contributed by atoms with Gasteiger partial charge in [0.25, 0.3) is 0 Å². The molecule has 7 heteroatoms. The zero-order chi connectivity index (χ0) is 32.9. The molecule has 2 aliphatic carbocycles. The van der Waals surface area contributed by atoms with E-state index in [1.54, 1.807) is 0 Å². The molecule has 7 aliphatic rings. The SMILES string of the molecule is C=Nc1cc(C(=C)N2CC3C4C2N34)cc(CC)c1N(Cc1cc2ccccc2n1CC1CC1)C1CN(C(=C)C2=CCC(C)(C#N)C=C2)C1. The molecule has 1 aromatic heterocycles. The number of anilines is 1. The van der Waals surface area contributed by atoms with Crippen molar-refractivity contribution >= 4 is 34.7 Å². The van der Waals surface area contributed by atoms with Gasteiger partial charge in [0.2, 0.25) is 0 Å². The fraction of sp³-hybridized carbons (Fsp3) is 0.415. The van der Waals surface area contributed by atoms with Crippen LogP contribution < -0.4 is 4.90 Å². The molecule has 48 heavy (non-hydrogen) atoms. The largest absolute Gasteiger partial charge is 0.367 e. The summed E-state index contributed by atoms with van der Waals surface area (Å²) in [6.45, 7) is 22.2. The summed E-state index contributed by atoms with van der Waals surface area (Å²) < 4.78 is 2.58. The van der Waals surface area contributed by atoms with Gasteiger partial charge in [0.05, 0.1) is 41.5 Å². The van der Waals surface area contributed by atoms with E-state index in [9.17, 15) is 5.26 Å². The zero-order valence-electron chi connectivity index (χ0n) is 28.3. The highest BCUT2D eigenvalue weighted by molar-refractivity contribution is 5.83. The summed E-state index contributed by atoms with van der Waals surface area (Å²) >= 11 is 0. The maximum absolute atomic E-state index is 9.59. The van der Waals surface area contributed by atoms with Gasteiger partial charge in [-0.1, -0.05) is 56.5 Å². The van der Waals surface area contributed by atoms with Crippen molar-refractivity contribution in [3.63, 3.8) is 0 Å². The van der Waals surface area contributed by atoms with Gasteiger partial charge in [-0.3, -0.25) is 9.89 Å². The van der Waals surface area contributed by atoms with E-state index in [1.165, 1.54) is 40.7 Å². The number of hydrogen-bond donors (Lipinski definition) is 0. The van der Waals surface area contributed by atoms with Crippen molar-refractivity contribution in [1.29, 1.82) is 5.26 Å². The number of piperazine rings is 1. The first-order valence-electron chi connectivity index (χ1n) is 17.8. The second-order valence-electron chi connectivity index (χ2n) is 15.1. The van der Waals surface area contributed by atoms with Crippen LogP contribution in [-0.2, 0) is 19.5 Å². The smallest absolute Gasteiger partial charge is 0.100 e. The zero-order valence-corrected chi connectivity index (χ0v) is 28.3. The van der Waals surface area contributed by atoms with Gasteiger partial charge in [0, 0.05) is 54.8 Å². The van der Waals surface area contributed by atoms with Crippen molar-refractivity contribution < 1.29 is 0 Å². The van der Waals surface area contributed by atoms with Gasteiger partial charge in [-0.25, -0.2) is 0 Å². The van der Waals surface area contributed by atoms with E-state index in [1.807, 2.05) is 13.0 Å². The van der Waals surface area contributed by atoms with E-state index in [4.69, 9.17) is 4.99 Å². The molecule has 2 bridgehead atoms. The standard InChI is InChI=1S/C41H45N7/c1-6-29-17-32(27(3)45-24-37-39-40(45)48(37)39)19-35(43-5)38(29)47(23-33-18-31-9-7-8-10-36(31)46(33)20-28-11-12-28)34-21-44(22-34)26(2)30-13-15-41(4,25-42)16-14-30/h7-10,13-15,17-19,28,34,37,39-40H,2-3,5-6,11-12,16,20-24H2,1,4H3. The van der Waals surface area contributed by atoms with Gasteiger partial charge in [0.1, 0.15) is 6.17 Å². The molecule has 5 saturated heterocycles. The Morgan fingerprint density at radius 2 is 1.90 bits per heavy atom. The van der Waals surface area contributed by atoms with Crippen LogP contribution in [0.1, 0.15) is 49.9 Å². The van der Waals surface area contributed by atoms with Gasteiger partial charge < -0.3 is 19.3 Å². The van der Waals surface area contributed by atoms with Crippen LogP contribution in [-0.4, -0.2) is 69.9 Å². The van der Waals surface area contributed by atoms with Crippen LogP contribution in [0.3, 0.4) is 0 Å². The van der Waals surface area contributed by atoms with Crippen LogP contribution in [0.4, 0.5) is 11.4 Å². The lowest BCUT2D eigenvalue weighted by molar-refractivity contribution is 0.195. The van der Waals surface area contributed by atoms with Crippen LogP contribution >= 0.6 is 0 Å². The predicted molar refractivity (Wildman–Crippen MR) is 195 cm³/mol. The van der Waals surface area contributed by atoms with Gasteiger partial charge in [0.15, 0.2) is 0 Å². The Morgan fingerprint density at radius 3 is 2.54 bits per heavy atom. The van der Waals surface area contributed by atoms with E-state index < -0.39 is 5.41 Å². The lowest BCUT2D eigenvalue weighted by atomic mass is 9.82. The number of aryl methyl sites for hydroxylation is 1. The Kier molecular flexibility index (Phi) is 6.62. The summed E-state index contributed by atoms with van der Waals surface area (Å²) in [7, 11) is 0. The van der Waals surface area contributed by atoms with Crippen LogP contribution in [0.5, 0.6) is 0 Å². The van der Waals surface area contributed by atoms with Crippen LogP contribution in [0, 0.1) is 22.7 Å². The van der Waals surface area contributed by atoms with Crippen LogP contribution in [0.25, 0.3) is 16.6 Å². The number of nitrogens with zero attached hydrogens (tertiary/aromatic N) is 7. The summed E-state index contributed by atoms with van der Waals surface area (Å²) in [4.78, 5) is 14.8. The minimum atomic E-state index is -0.437. The average Bonchev–Trinajstić information content (AvgIpc) is 4.05. The molecular formula is C41H45N7. The van der Waals surface area contributed by atoms with Crippen LogP contribution in [0.2, 0.25) is 0 Å². The number of likely N-dealkylation sites (tertiary alicyclic amines) is 1. The molecule has 6 fully saturated rings. The molecule has 6 heterocycles. The molecule has 0 amide bonds. The number of nitriles is 1. The Balaban J connectivity index is 1.06. The highest BCUT2D eigenvalue weighted by atomic mass is 15.7. The van der Waals surface area contributed by atoms with Crippen molar-refractivity contribution in [2.24, 2.45) is 16.3 Å². The maximum Gasteiger partial charge on any atom is 0.100 e. The van der Waals surface area contributed by atoms with Crippen molar-refractivity contribution in [2.75, 3.05) is 24.5 Å². The van der Waals surface area contributed by atoms with E-state index in [2.05, 4.69) is 112 Å². The Bertz CT molecular complexity index is 1960. The molecule has 0 N–H and O–H groups in total. The van der Waals surface area contributed by atoms with Gasteiger partial charge in [-0.15, -0.1) is 0 Å². The molecule has 5 unspecified atom stereocenters. The average molecular weight is 636 g/mol. The van der Waals surface area contributed by atoms with Gasteiger partial charge in [-0.05, 0) is 91.6 Å². The van der Waals surface area contributed by atoms with E-state index >= 15 is 0 Å². The monoisotopic (exact) mass is 635 g/mol. The third kappa shape index (κ3) is 4.68. The molecule has 3 aromatic rings. The molecule has 2 aromatic carbocycles. The first kappa shape index (κ1) is 29.6. The van der Waals surface area contributed by atoms with Gasteiger partial charge >= 0.3 is 0 Å². The van der Waals surface area contributed by atoms with E-state index in [-0.39, 0.29) is 6.04 Å². The summed E-state index contributed by atoms with van der Waals surface area (Å²) in [5.41, 5.74) is 10.1. The van der Waals surface area contributed by atoms with Crippen molar-refractivity contribution in [1.82, 2.24) is 19.3 Å². The molecule has 5 atom stereocenters. The number of fused-ring (bicyclic) bond motifs is 2. The van der Waals surface area contributed by atoms with Crippen molar-refractivity contribution in [3.05, 3.63) is 102 Å². The topological polar surface area (TPSA) is 53.8 Å². The first-order chi connectivity index (χ1) is 23.3. The quantitative estimate of drug-likeness (QED) is 0.155. The normalized spacial score (nSPS) is 28.1. The van der Waals surface area contributed by atoms with E-state index in [0.717, 1.165) is 85.4 Å². The molecule has 244 valence electrons. The molecule has 1 saturated carbocycles. The number of allylic oxidation sites excluding steroid dienone is 3. The highest BCUT2D eigenvalue weighted by Gasteiger charge is 2.79. The van der Waals surface area contributed by atoms with Crippen molar-refractivity contribution in [2.45, 2.75) is 76.9 Å². The number of hydrogen-bond acceptors (Lipinski definition) is 6. The maximum atomic E-state index is 9.59. The second-order valence-corrected chi connectivity index (χ2v) is 15.1. The van der Waals surface area contributed by atoms with E-state index in [0.29, 0.717) is 12.6 Å². The fourth-order valence-corrected chi connectivity index (χ4v) is 8.55. The summed E-state index contributed by atoms with van der Waals surface area (Å²) in [6.07, 6.45) is 11.1. The predicted octanol–water partition coefficient (Wildman–Crippen LogP) is 7.25. The number of para-hydroxylation sites is 1. The molecule has 0 radical (unpaired) electrons. The molecule has 10 rings (SSSR count). The molecule has 5 aliphatic heterocycles. The Morgan fingerprint density at radius 1 is 1.10 bits per heavy atom. The first-order valence-corrected chi connectivity index (χ1v) is 17.8. The summed E-state index contributed by atoms with van der Waals surface area (Å²) in [5, 5.41) is 10.9. The Labute approximate surface area is 284 Å². The third-order valence-electron chi connectivity index (χ3n) is 12.0. The number of aromatic nitrogens is 1. The van der Waals surface area contributed by atoms with Gasteiger partial charge in [-0.2, -0.15) is 5.26 Å². The number of benzene rings is 2. The fourth-order valence-electron chi connectivity index (χ4n) is 8.55. The molecule has 0 spiro atoms. The van der Waals surface area contributed by atoms with Crippen LogP contribution in [0.15, 0.2) is 90.1 Å². The lowest BCUT2D eigenvalue weighted by Gasteiger charge is -2.49. The minimum absolute atomic E-state index is 0.286. The molecule has 7 nitrogen and oxygen atoms in total. The summed E-state index contributed by atoms with van der Waals surface area (Å²) in [5.74, 6) is 0.770. The molecular weight excluding hydrogens is 591 g/mol. The second kappa shape index (κ2) is 10.7. The Hall–Kier alpha value is -4.54. The third-order valence-corrected chi connectivity index (χ3v) is 12.0. The summed E-state index contributed by atoms with van der Waals surface area (Å²) in [6, 6.07) is 20.1. The number of aliphatic imine (C=N–C) groups is 1. The lowest BCUT2D eigenvalue weighted by Crippen LogP contribution is -2.59. The number of rotatable bonds is 12.